The molecule has 152 valence electrons. The Morgan fingerprint density at radius 1 is 1.20 bits per heavy atom. The van der Waals surface area contributed by atoms with Crippen molar-refractivity contribution in [3.05, 3.63) is 87.2 Å². The summed E-state index contributed by atoms with van der Waals surface area (Å²) in [5, 5.41) is -0.0270. The van der Waals surface area contributed by atoms with E-state index in [-0.39, 0.29) is 34.8 Å². The number of halogens is 2. The number of carbonyl (C=O) groups excluding carboxylic acids is 1. The lowest BCUT2D eigenvalue weighted by atomic mass is 9.95. The van der Waals surface area contributed by atoms with Gasteiger partial charge in [-0.25, -0.2) is 8.78 Å². The molecule has 1 aromatic heterocycles. The summed E-state index contributed by atoms with van der Waals surface area (Å²) in [5.41, 5.74) is 3.34. The molecule has 0 spiro atoms. The van der Waals surface area contributed by atoms with Gasteiger partial charge in [-0.2, -0.15) is 0 Å². The van der Waals surface area contributed by atoms with E-state index < -0.39 is 17.2 Å². The summed E-state index contributed by atoms with van der Waals surface area (Å²) in [6.45, 7) is 2.67. The van der Waals surface area contributed by atoms with Crippen LogP contribution in [0.3, 0.4) is 0 Å². The fraction of sp³-hybridized carbons (Fsp3) is 0.250. The Morgan fingerprint density at radius 3 is 2.77 bits per heavy atom. The van der Waals surface area contributed by atoms with Gasteiger partial charge >= 0.3 is 0 Å². The number of aryl methyl sites for hydroxylation is 1. The van der Waals surface area contributed by atoms with Crippen LogP contribution in [-0.4, -0.2) is 28.4 Å². The molecule has 2 aliphatic rings. The smallest absolute Gasteiger partial charge is 0.252 e. The Balaban J connectivity index is 1.44. The van der Waals surface area contributed by atoms with Crippen molar-refractivity contribution in [1.29, 1.82) is 0 Å². The number of amides is 1. The Hall–Kier alpha value is -3.28. The van der Waals surface area contributed by atoms with E-state index >= 15 is 0 Å². The number of benzene rings is 2. The molecule has 1 aliphatic heterocycles. The van der Waals surface area contributed by atoms with Crippen molar-refractivity contribution in [2.24, 2.45) is 5.92 Å². The SMILES string of the molecule is Cc1ccccc1C1=CC2CC1N(C(=O)Cc1cc3c(F)c(F)ccc3[nH]c1=O)C2. The Morgan fingerprint density at radius 2 is 2.00 bits per heavy atom. The number of hydrogen-bond acceptors (Lipinski definition) is 2. The number of pyridine rings is 1. The minimum Gasteiger partial charge on any atom is -0.335 e. The third-order valence-corrected chi connectivity index (χ3v) is 6.22. The molecule has 1 saturated heterocycles. The van der Waals surface area contributed by atoms with Gasteiger partial charge in [-0.3, -0.25) is 9.59 Å². The summed E-state index contributed by atoms with van der Waals surface area (Å²) in [5.74, 6) is -1.89. The van der Waals surface area contributed by atoms with Crippen LogP contribution in [0.25, 0.3) is 16.5 Å². The standard InChI is InChI=1S/C24H20F2N2O2/c1-13-4-2-3-5-16(13)17-8-14-9-21(17)28(12-14)22(29)11-15-10-18-20(27-24(15)30)7-6-19(25)23(18)26/h2-8,10,14,21H,9,11-12H2,1H3,(H,27,30). The van der Waals surface area contributed by atoms with E-state index in [4.69, 9.17) is 0 Å². The summed E-state index contributed by atoms with van der Waals surface area (Å²) in [6, 6.07) is 11.7. The van der Waals surface area contributed by atoms with Crippen LogP contribution in [0.2, 0.25) is 0 Å². The molecule has 2 atom stereocenters. The van der Waals surface area contributed by atoms with Gasteiger partial charge in [-0.05, 0) is 54.2 Å². The van der Waals surface area contributed by atoms with Gasteiger partial charge in [0, 0.05) is 17.5 Å². The number of hydrogen-bond donors (Lipinski definition) is 1. The van der Waals surface area contributed by atoms with Crippen molar-refractivity contribution < 1.29 is 13.6 Å². The first-order chi connectivity index (χ1) is 14.4. The van der Waals surface area contributed by atoms with Crippen LogP contribution in [0.4, 0.5) is 8.78 Å². The number of likely N-dealkylation sites (tertiary alicyclic amines) is 1. The van der Waals surface area contributed by atoms with E-state index in [9.17, 15) is 18.4 Å². The number of H-pyrrole nitrogens is 1. The molecular weight excluding hydrogens is 386 g/mol. The second kappa shape index (κ2) is 6.90. The number of aromatic amines is 1. The maximum absolute atomic E-state index is 14.1. The van der Waals surface area contributed by atoms with Gasteiger partial charge in [0.25, 0.3) is 5.56 Å². The molecule has 1 N–H and O–H groups in total. The van der Waals surface area contributed by atoms with Gasteiger partial charge in [0.1, 0.15) is 0 Å². The minimum atomic E-state index is -1.03. The Bertz CT molecular complexity index is 1280. The summed E-state index contributed by atoms with van der Waals surface area (Å²) in [6.07, 6.45) is 2.98. The zero-order valence-electron chi connectivity index (χ0n) is 16.4. The number of carbonyl (C=O) groups is 1. The van der Waals surface area contributed by atoms with Crippen molar-refractivity contribution in [3.8, 4) is 0 Å². The molecule has 0 radical (unpaired) electrons. The van der Waals surface area contributed by atoms with Crippen molar-refractivity contribution in [1.82, 2.24) is 9.88 Å². The van der Waals surface area contributed by atoms with Crippen LogP contribution in [0.5, 0.6) is 0 Å². The molecule has 3 aromatic rings. The zero-order valence-corrected chi connectivity index (χ0v) is 16.4. The van der Waals surface area contributed by atoms with E-state index in [1.165, 1.54) is 12.1 Å². The molecule has 2 bridgehead atoms. The van der Waals surface area contributed by atoms with Crippen molar-refractivity contribution >= 4 is 22.4 Å². The highest BCUT2D eigenvalue weighted by atomic mass is 19.2. The zero-order chi connectivity index (χ0) is 21.0. The molecule has 4 nitrogen and oxygen atoms in total. The molecular formula is C24H20F2N2O2. The van der Waals surface area contributed by atoms with E-state index in [1.54, 1.807) is 0 Å². The topological polar surface area (TPSA) is 53.2 Å². The predicted molar refractivity (Wildman–Crippen MR) is 111 cm³/mol. The molecule has 2 heterocycles. The van der Waals surface area contributed by atoms with Gasteiger partial charge < -0.3 is 9.88 Å². The van der Waals surface area contributed by atoms with E-state index in [2.05, 4.69) is 30.1 Å². The number of aromatic nitrogens is 1. The lowest BCUT2D eigenvalue weighted by Gasteiger charge is -2.29. The minimum absolute atomic E-state index is 0.0164. The second-order valence-corrected chi connectivity index (χ2v) is 8.12. The monoisotopic (exact) mass is 406 g/mol. The van der Waals surface area contributed by atoms with Crippen LogP contribution in [0.15, 0.2) is 53.3 Å². The molecule has 1 amide bonds. The van der Waals surface area contributed by atoms with Crippen molar-refractivity contribution in [2.75, 3.05) is 6.54 Å². The lowest BCUT2D eigenvalue weighted by molar-refractivity contribution is -0.130. The first-order valence-electron chi connectivity index (χ1n) is 9.99. The van der Waals surface area contributed by atoms with Crippen molar-refractivity contribution in [2.45, 2.75) is 25.8 Å². The average Bonchev–Trinajstić information content (AvgIpc) is 3.33. The average molecular weight is 406 g/mol. The fourth-order valence-corrected chi connectivity index (χ4v) is 4.75. The van der Waals surface area contributed by atoms with E-state index in [1.807, 2.05) is 17.0 Å². The Kier molecular flexibility index (Phi) is 4.31. The van der Waals surface area contributed by atoms with Crippen LogP contribution in [-0.2, 0) is 11.2 Å². The van der Waals surface area contributed by atoms with Gasteiger partial charge in [-0.15, -0.1) is 0 Å². The normalized spacial score (nSPS) is 20.1. The molecule has 2 aromatic carbocycles. The summed E-state index contributed by atoms with van der Waals surface area (Å²) in [4.78, 5) is 29.9. The fourth-order valence-electron chi connectivity index (χ4n) is 4.75. The van der Waals surface area contributed by atoms with Gasteiger partial charge in [-0.1, -0.05) is 30.3 Å². The molecule has 5 rings (SSSR count). The molecule has 30 heavy (non-hydrogen) atoms. The number of nitrogens with zero attached hydrogens (tertiary/aromatic N) is 1. The third kappa shape index (κ3) is 2.95. The van der Waals surface area contributed by atoms with Crippen LogP contribution in [0.1, 0.15) is 23.1 Å². The molecule has 1 fully saturated rings. The third-order valence-electron chi connectivity index (χ3n) is 6.22. The summed E-state index contributed by atoms with van der Waals surface area (Å²) in [7, 11) is 0. The first-order valence-corrected chi connectivity index (χ1v) is 9.99. The van der Waals surface area contributed by atoms with Gasteiger partial charge in [0.2, 0.25) is 5.91 Å². The first kappa shape index (κ1) is 18.7. The van der Waals surface area contributed by atoms with Gasteiger partial charge in [0.05, 0.1) is 18.0 Å². The second-order valence-electron chi connectivity index (χ2n) is 8.12. The number of fused-ring (bicyclic) bond motifs is 3. The summed E-state index contributed by atoms with van der Waals surface area (Å²) >= 11 is 0. The highest BCUT2D eigenvalue weighted by molar-refractivity contribution is 5.87. The van der Waals surface area contributed by atoms with Crippen LogP contribution in [0, 0.1) is 24.5 Å². The molecule has 6 heteroatoms. The van der Waals surface area contributed by atoms with Gasteiger partial charge in [0.15, 0.2) is 11.6 Å². The van der Waals surface area contributed by atoms with E-state index in [0.717, 1.165) is 29.2 Å². The number of rotatable bonds is 3. The van der Waals surface area contributed by atoms with Crippen molar-refractivity contribution in [3.63, 3.8) is 0 Å². The summed E-state index contributed by atoms with van der Waals surface area (Å²) < 4.78 is 27.7. The highest BCUT2D eigenvalue weighted by Gasteiger charge is 2.42. The highest BCUT2D eigenvalue weighted by Crippen LogP contribution is 2.42. The molecule has 0 saturated carbocycles. The van der Waals surface area contributed by atoms with Crippen LogP contribution >= 0.6 is 0 Å². The van der Waals surface area contributed by atoms with Crippen LogP contribution < -0.4 is 5.56 Å². The quantitative estimate of drug-likeness (QED) is 0.716. The molecule has 1 aliphatic carbocycles. The maximum atomic E-state index is 14.1. The molecule has 2 unspecified atom stereocenters. The van der Waals surface area contributed by atoms with E-state index in [0.29, 0.717) is 12.5 Å². The lowest BCUT2D eigenvalue weighted by Crippen LogP contribution is -2.39. The Labute approximate surface area is 171 Å². The number of nitrogens with one attached hydrogen (secondary N) is 1. The maximum Gasteiger partial charge on any atom is 0.252 e. The largest absolute Gasteiger partial charge is 0.335 e. The predicted octanol–water partition coefficient (Wildman–Crippen LogP) is 3.97.